The molecular formula is C24H26N4O4. The molecule has 32 heavy (non-hydrogen) atoms. The highest BCUT2D eigenvalue weighted by Gasteiger charge is 2.29. The van der Waals surface area contributed by atoms with Crippen LogP contribution >= 0.6 is 0 Å². The van der Waals surface area contributed by atoms with E-state index in [0.29, 0.717) is 30.3 Å². The van der Waals surface area contributed by atoms with E-state index >= 15 is 0 Å². The van der Waals surface area contributed by atoms with Crippen molar-refractivity contribution in [1.82, 2.24) is 4.90 Å². The van der Waals surface area contributed by atoms with E-state index < -0.39 is 11.7 Å². The minimum absolute atomic E-state index is 0.0451. The Morgan fingerprint density at radius 3 is 2.75 bits per heavy atom. The third-order valence-electron chi connectivity index (χ3n) is 5.76. The number of hydrogen-bond donors (Lipinski definition) is 2. The van der Waals surface area contributed by atoms with E-state index in [4.69, 9.17) is 20.7 Å². The van der Waals surface area contributed by atoms with Crippen molar-refractivity contribution < 1.29 is 13.9 Å². The molecule has 1 fully saturated rings. The van der Waals surface area contributed by atoms with Crippen molar-refractivity contribution in [3.8, 4) is 16.9 Å². The summed E-state index contributed by atoms with van der Waals surface area (Å²) in [5.74, 6) is 5.91. The van der Waals surface area contributed by atoms with Gasteiger partial charge in [0, 0.05) is 36.5 Å². The van der Waals surface area contributed by atoms with Crippen LogP contribution in [0, 0.1) is 5.92 Å². The summed E-state index contributed by atoms with van der Waals surface area (Å²) in [6, 6.07) is 16.4. The number of rotatable bonds is 5. The molecule has 1 amide bonds. The molecule has 2 unspecified atom stereocenters. The normalized spacial score (nSPS) is 17.8. The highest BCUT2D eigenvalue weighted by atomic mass is 16.5. The summed E-state index contributed by atoms with van der Waals surface area (Å²) < 4.78 is 11.3. The Balaban J connectivity index is 1.54. The first-order chi connectivity index (χ1) is 15.5. The van der Waals surface area contributed by atoms with Gasteiger partial charge in [0.15, 0.2) is 6.10 Å². The number of benzene rings is 2. The number of carbonyl (C=O) groups is 1. The lowest BCUT2D eigenvalue weighted by Gasteiger charge is -2.33. The molecule has 4 rings (SSSR count). The van der Waals surface area contributed by atoms with E-state index in [2.05, 4.69) is 5.10 Å². The largest absolute Gasteiger partial charge is 0.481 e. The maximum absolute atomic E-state index is 12.9. The van der Waals surface area contributed by atoms with Gasteiger partial charge in [0.05, 0.1) is 0 Å². The molecule has 0 bridgehead atoms. The maximum Gasteiger partial charge on any atom is 0.336 e. The molecule has 1 aliphatic heterocycles. The van der Waals surface area contributed by atoms with Crippen LogP contribution in [-0.4, -0.2) is 35.8 Å². The quantitative estimate of drug-likeness (QED) is 0.209. The van der Waals surface area contributed by atoms with E-state index in [1.165, 1.54) is 6.07 Å². The molecule has 0 aliphatic carbocycles. The van der Waals surface area contributed by atoms with Crippen LogP contribution in [0.5, 0.6) is 5.75 Å². The zero-order chi connectivity index (χ0) is 22.7. The number of carbonyl (C=O) groups excluding carboxylic acids is 1. The first kappa shape index (κ1) is 21.4. The smallest absolute Gasteiger partial charge is 0.336 e. The van der Waals surface area contributed by atoms with E-state index in [1.54, 1.807) is 24.0 Å². The molecule has 0 saturated carbocycles. The Morgan fingerprint density at radius 1 is 1.22 bits per heavy atom. The number of hydrogen-bond acceptors (Lipinski definition) is 6. The summed E-state index contributed by atoms with van der Waals surface area (Å²) in [5, 5.41) is 4.36. The average molecular weight is 434 g/mol. The zero-order valence-electron chi connectivity index (χ0n) is 17.9. The van der Waals surface area contributed by atoms with E-state index in [0.717, 1.165) is 29.4 Å². The molecule has 3 aromatic rings. The Labute approximate surface area is 185 Å². The molecule has 8 nitrogen and oxygen atoms in total. The van der Waals surface area contributed by atoms with E-state index in [-0.39, 0.29) is 11.8 Å². The van der Waals surface area contributed by atoms with Gasteiger partial charge in [-0.2, -0.15) is 5.10 Å². The fourth-order valence-corrected chi connectivity index (χ4v) is 4.11. The zero-order valence-corrected chi connectivity index (χ0v) is 17.9. The SMILES string of the molecule is CC(Oc1ccc2c(-c3ccccc3)cc(=O)oc2c1)C(=O)N1CCCC(/C(N)=N/N)C1. The van der Waals surface area contributed by atoms with Gasteiger partial charge >= 0.3 is 5.63 Å². The van der Waals surface area contributed by atoms with Crippen molar-refractivity contribution in [2.75, 3.05) is 13.1 Å². The van der Waals surface area contributed by atoms with Gasteiger partial charge in [-0.25, -0.2) is 4.79 Å². The number of nitrogens with zero attached hydrogens (tertiary/aromatic N) is 2. The molecule has 0 radical (unpaired) electrons. The molecular weight excluding hydrogens is 408 g/mol. The topological polar surface area (TPSA) is 124 Å². The molecule has 0 spiro atoms. The van der Waals surface area contributed by atoms with Gasteiger partial charge in [0.2, 0.25) is 0 Å². The second-order valence-electron chi connectivity index (χ2n) is 7.94. The molecule has 4 N–H and O–H groups in total. The van der Waals surface area contributed by atoms with Crippen LogP contribution in [0.2, 0.25) is 0 Å². The molecule has 1 aromatic heterocycles. The van der Waals surface area contributed by atoms with Crippen molar-refractivity contribution >= 4 is 22.7 Å². The van der Waals surface area contributed by atoms with Crippen molar-refractivity contribution in [1.29, 1.82) is 0 Å². The summed E-state index contributed by atoms with van der Waals surface area (Å²) >= 11 is 0. The lowest BCUT2D eigenvalue weighted by molar-refractivity contribution is -0.139. The van der Waals surface area contributed by atoms with Gasteiger partial charge in [-0.3, -0.25) is 4.79 Å². The third kappa shape index (κ3) is 4.44. The maximum atomic E-state index is 12.9. The molecule has 8 heteroatoms. The number of ether oxygens (including phenoxy) is 1. The van der Waals surface area contributed by atoms with E-state index in [1.807, 2.05) is 36.4 Å². The number of hydrazone groups is 1. The molecule has 1 saturated heterocycles. The summed E-state index contributed by atoms with van der Waals surface area (Å²) in [4.78, 5) is 26.8. The number of fused-ring (bicyclic) bond motifs is 1. The van der Waals surface area contributed by atoms with Crippen molar-refractivity contribution in [2.24, 2.45) is 22.6 Å². The predicted octanol–water partition coefficient (Wildman–Crippen LogP) is 2.70. The fourth-order valence-electron chi connectivity index (χ4n) is 4.11. The van der Waals surface area contributed by atoms with Crippen LogP contribution in [0.15, 0.2) is 68.9 Å². The summed E-state index contributed by atoms with van der Waals surface area (Å²) in [6.45, 7) is 2.80. The molecule has 2 aromatic carbocycles. The molecule has 1 aliphatic rings. The van der Waals surface area contributed by atoms with Crippen molar-refractivity contribution in [3.63, 3.8) is 0 Å². The number of amidine groups is 1. The van der Waals surface area contributed by atoms with Crippen LogP contribution in [0.3, 0.4) is 0 Å². The fraction of sp³-hybridized carbons (Fsp3) is 0.292. The second kappa shape index (κ2) is 9.13. The lowest BCUT2D eigenvalue weighted by Crippen LogP contribution is -2.48. The van der Waals surface area contributed by atoms with Crippen LogP contribution in [0.25, 0.3) is 22.1 Å². The van der Waals surface area contributed by atoms with Gasteiger partial charge in [0.25, 0.3) is 5.91 Å². The Hall–Kier alpha value is -3.81. The number of nitrogens with two attached hydrogens (primary N) is 2. The van der Waals surface area contributed by atoms with Gasteiger partial charge in [-0.1, -0.05) is 30.3 Å². The summed E-state index contributed by atoms with van der Waals surface area (Å²) in [5.41, 5.74) is 7.50. The van der Waals surface area contributed by atoms with Gasteiger partial charge in [-0.05, 0) is 43.0 Å². The minimum Gasteiger partial charge on any atom is -0.481 e. The van der Waals surface area contributed by atoms with Crippen molar-refractivity contribution in [2.45, 2.75) is 25.9 Å². The van der Waals surface area contributed by atoms with Gasteiger partial charge in [-0.15, -0.1) is 0 Å². The highest BCUT2D eigenvalue weighted by molar-refractivity contribution is 5.93. The highest BCUT2D eigenvalue weighted by Crippen LogP contribution is 2.30. The summed E-state index contributed by atoms with van der Waals surface area (Å²) in [7, 11) is 0. The van der Waals surface area contributed by atoms with Crippen molar-refractivity contribution in [3.05, 3.63) is 65.0 Å². The Morgan fingerprint density at radius 2 is 2.00 bits per heavy atom. The third-order valence-corrected chi connectivity index (χ3v) is 5.76. The standard InChI is InChI=1S/C24H26N4O4/c1-15(24(30)28-11-5-8-17(14-28)23(25)27-26)31-18-9-10-19-20(16-6-3-2-4-7-16)13-22(29)32-21(19)12-18/h2-4,6-7,9-10,12-13,15,17H,5,8,11,14,26H2,1H3,(H2,25,27). The summed E-state index contributed by atoms with van der Waals surface area (Å²) in [6.07, 6.45) is 0.952. The van der Waals surface area contributed by atoms with Gasteiger partial charge < -0.3 is 25.6 Å². The number of likely N-dealkylation sites (tertiary alicyclic amines) is 1. The number of piperidine rings is 1. The Kier molecular flexibility index (Phi) is 6.11. The van der Waals surface area contributed by atoms with Crippen LogP contribution < -0.4 is 21.9 Å². The van der Waals surface area contributed by atoms with Crippen LogP contribution in [0.4, 0.5) is 0 Å². The van der Waals surface area contributed by atoms with Crippen LogP contribution in [0.1, 0.15) is 19.8 Å². The number of amides is 1. The van der Waals surface area contributed by atoms with Gasteiger partial charge in [0.1, 0.15) is 17.2 Å². The first-order valence-corrected chi connectivity index (χ1v) is 10.6. The Bertz CT molecular complexity index is 1210. The molecule has 2 atom stereocenters. The molecule has 166 valence electrons. The first-order valence-electron chi connectivity index (χ1n) is 10.6. The molecule has 2 heterocycles. The predicted molar refractivity (Wildman–Crippen MR) is 123 cm³/mol. The monoisotopic (exact) mass is 434 g/mol. The average Bonchev–Trinajstić information content (AvgIpc) is 2.82. The van der Waals surface area contributed by atoms with Crippen LogP contribution in [-0.2, 0) is 4.79 Å². The second-order valence-corrected chi connectivity index (χ2v) is 7.94. The van der Waals surface area contributed by atoms with E-state index in [9.17, 15) is 9.59 Å². The minimum atomic E-state index is -0.716. The lowest BCUT2D eigenvalue weighted by atomic mass is 9.96.